The summed E-state index contributed by atoms with van der Waals surface area (Å²) < 4.78 is 37.6. The molecule has 0 spiro atoms. The first-order valence-corrected chi connectivity index (χ1v) is 11.4. The predicted octanol–water partition coefficient (Wildman–Crippen LogP) is 2.98. The molecule has 0 bridgehead atoms. The van der Waals surface area contributed by atoms with E-state index in [0.29, 0.717) is 0 Å². The highest BCUT2D eigenvalue weighted by Crippen LogP contribution is 2.29. The summed E-state index contributed by atoms with van der Waals surface area (Å²) in [4.78, 5) is 24.2. The Kier molecular flexibility index (Phi) is 7.34. The molecular formula is C18H19F3N2O3Si. The van der Waals surface area contributed by atoms with Crippen molar-refractivity contribution in [1.82, 2.24) is 0 Å². The molecule has 0 radical (unpaired) electrons. The van der Waals surface area contributed by atoms with Crippen molar-refractivity contribution in [2.45, 2.75) is 38.3 Å². The van der Waals surface area contributed by atoms with Gasteiger partial charge in [-0.15, -0.1) is 5.54 Å². The summed E-state index contributed by atoms with van der Waals surface area (Å²) in [6.07, 6.45) is -6.30. The highest BCUT2D eigenvalue weighted by molar-refractivity contribution is 6.83. The molecule has 0 saturated heterocycles. The van der Waals surface area contributed by atoms with E-state index in [-0.39, 0.29) is 5.69 Å². The molecule has 2 N–H and O–H groups in total. The molecule has 0 fully saturated rings. The van der Waals surface area contributed by atoms with Crippen molar-refractivity contribution in [3.8, 4) is 17.5 Å². The Hall–Kier alpha value is -2.62. The number of ketones is 1. The zero-order valence-corrected chi connectivity index (χ0v) is 16.0. The lowest BCUT2D eigenvalue weighted by Gasteiger charge is -2.12. The molecule has 1 rings (SSSR count). The van der Waals surface area contributed by atoms with Crippen LogP contribution in [-0.2, 0) is 15.8 Å². The number of anilines is 1. The third-order valence-corrected chi connectivity index (χ3v) is 4.10. The second-order valence-corrected chi connectivity index (χ2v) is 11.6. The first-order chi connectivity index (χ1) is 12.3. The van der Waals surface area contributed by atoms with Crippen molar-refractivity contribution in [1.29, 1.82) is 5.26 Å². The molecule has 2 atom stereocenters. The number of benzene rings is 1. The van der Waals surface area contributed by atoms with Gasteiger partial charge in [0.1, 0.15) is 14.2 Å². The summed E-state index contributed by atoms with van der Waals surface area (Å²) in [7, 11) is -1.75. The third-order valence-electron chi connectivity index (χ3n) is 3.20. The number of carbonyl (C=O) groups excluding carboxylic acids is 2. The SMILES string of the molecule is C[Si](C)(C)C#CC(O)CC(=O)C(C#N)C(=O)Nc1ccc(C(F)(F)F)cc1. The largest absolute Gasteiger partial charge is 0.416 e. The fraction of sp³-hybridized carbons (Fsp3) is 0.389. The van der Waals surface area contributed by atoms with Crippen molar-refractivity contribution < 1.29 is 27.9 Å². The van der Waals surface area contributed by atoms with E-state index in [1.165, 1.54) is 0 Å². The zero-order chi connectivity index (χ0) is 20.8. The van der Waals surface area contributed by atoms with E-state index in [1.54, 1.807) is 6.07 Å². The number of aliphatic hydroxyl groups excluding tert-OH is 1. The van der Waals surface area contributed by atoms with Crippen LogP contribution >= 0.6 is 0 Å². The maximum atomic E-state index is 12.5. The van der Waals surface area contributed by atoms with Gasteiger partial charge in [0.25, 0.3) is 0 Å². The number of hydrogen-bond acceptors (Lipinski definition) is 4. The number of hydrogen-bond donors (Lipinski definition) is 2. The number of aliphatic hydroxyl groups is 1. The number of amides is 1. The first kappa shape index (κ1) is 22.4. The van der Waals surface area contributed by atoms with E-state index in [2.05, 4.69) is 16.8 Å². The fourth-order valence-electron chi connectivity index (χ4n) is 1.89. The molecular weight excluding hydrogens is 377 g/mol. The number of nitrogens with zero attached hydrogens (tertiary/aromatic N) is 1. The van der Waals surface area contributed by atoms with Crippen LogP contribution < -0.4 is 5.32 Å². The summed E-state index contributed by atoms with van der Waals surface area (Å²) in [6, 6.07) is 5.13. The molecule has 1 amide bonds. The molecule has 9 heteroatoms. The number of alkyl halides is 3. The van der Waals surface area contributed by atoms with E-state index >= 15 is 0 Å². The Morgan fingerprint density at radius 2 is 1.78 bits per heavy atom. The highest BCUT2D eigenvalue weighted by atomic mass is 28.3. The number of nitriles is 1. The van der Waals surface area contributed by atoms with Crippen LogP contribution in [0.25, 0.3) is 0 Å². The zero-order valence-electron chi connectivity index (χ0n) is 15.0. The summed E-state index contributed by atoms with van der Waals surface area (Å²) in [5.41, 5.74) is 2.00. The average Bonchev–Trinajstić information content (AvgIpc) is 2.52. The molecule has 0 aliphatic carbocycles. The average molecular weight is 396 g/mol. The number of Topliss-reactive ketones (excluding diaryl/α,β-unsaturated/α-hetero) is 1. The molecule has 1 aromatic carbocycles. The van der Waals surface area contributed by atoms with Crippen LogP contribution in [0.15, 0.2) is 24.3 Å². The topological polar surface area (TPSA) is 90.2 Å². The molecule has 27 heavy (non-hydrogen) atoms. The van der Waals surface area contributed by atoms with E-state index in [4.69, 9.17) is 5.26 Å². The van der Waals surface area contributed by atoms with Crippen LogP contribution in [0.4, 0.5) is 18.9 Å². The Labute approximate surface area is 156 Å². The summed E-state index contributed by atoms with van der Waals surface area (Å²) in [5, 5.41) is 21.1. The van der Waals surface area contributed by atoms with Crippen LogP contribution in [0.2, 0.25) is 19.6 Å². The molecule has 5 nitrogen and oxygen atoms in total. The van der Waals surface area contributed by atoms with Gasteiger partial charge in [0.2, 0.25) is 5.91 Å². The van der Waals surface area contributed by atoms with Gasteiger partial charge in [0.05, 0.1) is 11.6 Å². The van der Waals surface area contributed by atoms with E-state index in [9.17, 15) is 27.9 Å². The van der Waals surface area contributed by atoms with Crippen molar-refractivity contribution >= 4 is 25.5 Å². The van der Waals surface area contributed by atoms with Crippen molar-refractivity contribution in [3.05, 3.63) is 29.8 Å². The van der Waals surface area contributed by atoms with E-state index in [0.717, 1.165) is 24.3 Å². The van der Waals surface area contributed by atoms with Gasteiger partial charge in [-0.05, 0) is 24.3 Å². The van der Waals surface area contributed by atoms with Gasteiger partial charge in [-0.25, -0.2) is 0 Å². The van der Waals surface area contributed by atoms with Crippen LogP contribution in [0.3, 0.4) is 0 Å². The highest BCUT2D eigenvalue weighted by Gasteiger charge is 2.31. The molecule has 0 saturated carbocycles. The van der Waals surface area contributed by atoms with Crippen molar-refractivity contribution in [3.63, 3.8) is 0 Å². The van der Waals surface area contributed by atoms with Crippen LogP contribution in [0.5, 0.6) is 0 Å². The molecule has 2 unspecified atom stereocenters. The van der Waals surface area contributed by atoms with Crippen LogP contribution in [0.1, 0.15) is 12.0 Å². The Morgan fingerprint density at radius 1 is 1.22 bits per heavy atom. The quantitative estimate of drug-likeness (QED) is 0.455. The molecule has 0 aliphatic heterocycles. The lowest BCUT2D eigenvalue weighted by Crippen LogP contribution is -2.30. The maximum Gasteiger partial charge on any atom is 0.416 e. The minimum Gasteiger partial charge on any atom is -0.380 e. The molecule has 0 aromatic heterocycles. The van der Waals surface area contributed by atoms with Gasteiger partial charge >= 0.3 is 6.18 Å². The number of nitrogens with one attached hydrogen (secondary N) is 1. The first-order valence-electron chi connectivity index (χ1n) is 7.94. The smallest absolute Gasteiger partial charge is 0.380 e. The minimum absolute atomic E-state index is 0.0140. The maximum absolute atomic E-state index is 12.5. The summed E-state index contributed by atoms with van der Waals surface area (Å²) in [5.74, 6) is -0.957. The normalized spacial score (nSPS) is 13.6. The standard InChI is InChI=1S/C18H19F3N2O3Si/c1-27(2,3)9-8-14(24)10-16(25)15(11-22)17(26)23-13-6-4-12(5-7-13)18(19,20)21/h4-7,14-15,24H,10H2,1-3H3,(H,23,26). The second kappa shape index (κ2) is 8.85. The molecule has 0 aliphatic rings. The van der Waals surface area contributed by atoms with Crippen LogP contribution in [0, 0.1) is 28.7 Å². The van der Waals surface area contributed by atoms with E-state index < -0.39 is 49.9 Å². The van der Waals surface area contributed by atoms with Crippen molar-refractivity contribution in [2.75, 3.05) is 5.32 Å². The van der Waals surface area contributed by atoms with E-state index in [1.807, 2.05) is 19.6 Å². The van der Waals surface area contributed by atoms with Crippen molar-refractivity contribution in [2.24, 2.45) is 5.92 Å². The van der Waals surface area contributed by atoms with Crippen LogP contribution in [-0.4, -0.2) is 31.0 Å². The lowest BCUT2D eigenvalue weighted by molar-refractivity contribution is -0.137. The Bertz CT molecular complexity index is 797. The van der Waals surface area contributed by atoms with Gasteiger partial charge in [-0.3, -0.25) is 9.59 Å². The van der Waals surface area contributed by atoms with Gasteiger partial charge in [-0.2, -0.15) is 18.4 Å². The molecule has 144 valence electrons. The van der Waals surface area contributed by atoms with Gasteiger partial charge in [-0.1, -0.05) is 25.6 Å². The molecule has 0 heterocycles. The monoisotopic (exact) mass is 396 g/mol. The second-order valence-electron chi connectivity index (χ2n) is 6.83. The van der Waals surface area contributed by atoms with Gasteiger partial charge in [0, 0.05) is 12.1 Å². The number of rotatable bonds is 5. The number of halogens is 3. The summed E-state index contributed by atoms with van der Waals surface area (Å²) >= 11 is 0. The third kappa shape index (κ3) is 7.65. The lowest BCUT2D eigenvalue weighted by atomic mass is 9.99. The van der Waals surface area contributed by atoms with Gasteiger partial charge < -0.3 is 10.4 Å². The predicted molar refractivity (Wildman–Crippen MR) is 95.9 cm³/mol. The Morgan fingerprint density at radius 3 is 2.22 bits per heavy atom. The fourth-order valence-corrected chi connectivity index (χ4v) is 2.49. The Balaban J connectivity index is 2.77. The van der Waals surface area contributed by atoms with Gasteiger partial charge in [0.15, 0.2) is 11.7 Å². The summed E-state index contributed by atoms with van der Waals surface area (Å²) in [6.45, 7) is 5.85. The number of carbonyl (C=O) groups is 2. The minimum atomic E-state index is -4.51. The molecule has 1 aromatic rings.